The largest absolute Gasteiger partial charge is 0.465 e. The van der Waals surface area contributed by atoms with Gasteiger partial charge in [-0.25, -0.2) is 4.79 Å². The van der Waals surface area contributed by atoms with Gasteiger partial charge in [0.1, 0.15) is 6.54 Å². The zero-order valence-electron chi connectivity index (χ0n) is 16.3. The van der Waals surface area contributed by atoms with Crippen LogP contribution in [0.4, 0.5) is 10.5 Å². The number of amides is 2. The summed E-state index contributed by atoms with van der Waals surface area (Å²) < 4.78 is 10.5. The number of carbonyl (C=O) groups is 2. The zero-order chi connectivity index (χ0) is 20.6. The molecule has 8 nitrogen and oxygen atoms in total. The quantitative estimate of drug-likeness (QED) is 0.596. The van der Waals surface area contributed by atoms with E-state index in [-0.39, 0.29) is 13.2 Å². The molecule has 0 saturated carbocycles. The van der Waals surface area contributed by atoms with Crippen molar-refractivity contribution in [3.63, 3.8) is 0 Å². The minimum atomic E-state index is -0.513. The van der Waals surface area contributed by atoms with E-state index in [4.69, 9.17) is 9.15 Å². The second-order valence-electron chi connectivity index (χ2n) is 6.36. The predicted octanol–water partition coefficient (Wildman–Crippen LogP) is 3.32. The fraction of sp³-hybridized carbons (Fsp3) is 0.238. The number of urea groups is 1. The molecule has 2 amide bonds. The molecule has 3 aromatic rings. The molecule has 0 atom stereocenters. The standard InChI is InChI=1S/C21H22N4O4/c1-3-28-19(26)13-22-21(27)23-17-6-4-5-16(12-17)20-25-24-18(29-20)11-15-9-7-14(2)8-10-15/h4-10,12H,3,11,13H2,1-2H3,(H2,22,23,27). The number of hydrogen-bond donors (Lipinski definition) is 2. The highest BCUT2D eigenvalue weighted by atomic mass is 16.5. The Kier molecular flexibility index (Phi) is 6.57. The Labute approximate surface area is 168 Å². The number of nitrogens with one attached hydrogen (secondary N) is 2. The maximum Gasteiger partial charge on any atom is 0.325 e. The lowest BCUT2D eigenvalue weighted by molar-refractivity contribution is -0.141. The summed E-state index contributed by atoms with van der Waals surface area (Å²) in [4.78, 5) is 23.2. The van der Waals surface area contributed by atoms with E-state index < -0.39 is 12.0 Å². The first kappa shape index (κ1) is 20.1. The van der Waals surface area contributed by atoms with Crippen molar-refractivity contribution in [2.45, 2.75) is 20.3 Å². The average molecular weight is 394 g/mol. The van der Waals surface area contributed by atoms with Crippen molar-refractivity contribution in [3.05, 3.63) is 65.5 Å². The van der Waals surface area contributed by atoms with Crippen LogP contribution in [0.15, 0.2) is 52.9 Å². The Balaban J connectivity index is 1.62. The summed E-state index contributed by atoms with van der Waals surface area (Å²) >= 11 is 0. The third-order valence-corrected chi connectivity index (χ3v) is 4.01. The summed E-state index contributed by atoms with van der Waals surface area (Å²) in [5.41, 5.74) is 3.48. The molecule has 0 spiro atoms. The molecular formula is C21H22N4O4. The molecule has 0 aliphatic heterocycles. The molecule has 150 valence electrons. The van der Waals surface area contributed by atoms with Gasteiger partial charge in [-0.05, 0) is 37.6 Å². The molecule has 0 bridgehead atoms. The molecule has 1 heterocycles. The van der Waals surface area contributed by atoms with Crippen LogP contribution in [0.5, 0.6) is 0 Å². The molecule has 2 N–H and O–H groups in total. The normalized spacial score (nSPS) is 10.4. The number of rotatable bonds is 7. The lowest BCUT2D eigenvalue weighted by Crippen LogP contribution is -2.34. The van der Waals surface area contributed by atoms with Crippen molar-refractivity contribution < 1.29 is 18.7 Å². The number of benzene rings is 2. The van der Waals surface area contributed by atoms with Crippen LogP contribution in [0, 0.1) is 6.92 Å². The van der Waals surface area contributed by atoms with E-state index >= 15 is 0 Å². The van der Waals surface area contributed by atoms with Crippen molar-refractivity contribution in [2.75, 3.05) is 18.5 Å². The number of hydrogen-bond acceptors (Lipinski definition) is 6. The van der Waals surface area contributed by atoms with E-state index in [2.05, 4.69) is 20.8 Å². The Morgan fingerprint density at radius 3 is 2.66 bits per heavy atom. The maximum absolute atomic E-state index is 11.9. The third kappa shape index (κ3) is 5.90. The summed E-state index contributed by atoms with van der Waals surface area (Å²) in [6.07, 6.45) is 0.543. The van der Waals surface area contributed by atoms with Gasteiger partial charge in [-0.15, -0.1) is 10.2 Å². The molecular weight excluding hydrogens is 372 g/mol. The summed E-state index contributed by atoms with van der Waals surface area (Å²) in [5.74, 6) is 0.375. The van der Waals surface area contributed by atoms with Crippen LogP contribution in [0.2, 0.25) is 0 Å². The first-order valence-electron chi connectivity index (χ1n) is 9.22. The molecule has 3 rings (SSSR count). The van der Waals surface area contributed by atoms with Gasteiger partial charge < -0.3 is 19.8 Å². The predicted molar refractivity (Wildman–Crippen MR) is 107 cm³/mol. The number of anilines is 1. The van der Waals surface area contributed by atoms with Crippen LogP contribution in [-0.4, -0.2) is 35.3 Å². The molecule has 8 heteroatoms. The van der Waals surface area contributed by atoms with Crippen molar-refractivity contribution in [1.82, 2.24) is 15.5 Å². The van der Waals surface area contributed by atoms with E-state index in [1.807, 2.05) is 37.3 Å². The minimum absolute atomic E-state index is 0.203. The Hall–Kier alpha value is -3.68. The van der Waals surface area contributed by atoms with E-state index in [9.17, 15) is 9.59 Å². The van der Waals surface area contributed by atoms with Crippen molar-refractivity contribution in [1.29, 1.82) is 0 Å². The molecule has 2 aromatic carbocycles. The molecule has 29 heavy (non-hydrogen) atoms. The number of carbonyl (C=O) groups excluding carboxylic acids is 2. The highest BCUT2D eigenvalue weighted by Crippen LogP contribution is 2.22. The third-order valence-electron chi connectivity index (χ3n) is 4.01. The van der Waals surface area contributed by atoms with Gasteiger partial charge in [0.15, 0.2) is 0 Å². The van der Waals surface area contributed by atoms with Crippen LogP contribution in [0.3, 0.4) is 0 Å². The van der Waals surface area contributed by atoms with E-state index in [1.165, 1.54) is 5.56 Å². The number of nitrogens with zero attached hydrogens (tertiary/aromatic N) is 2. The molecule has 0 radical (unpaired) electrons. The smallest absolute Gasteiger partial charge is 0.325 e. The average Bonchev–Trinajstić information content (AvgIpc) is 3.17. The highest BCUT2D eigenvalue weighted by Gasteiger charge is 2.11. The number of aromatic nitrogens is 2. The van der Waals surface area contributed by atoms with Gasteiger partial charge in [0.25, 0.3) is 0 Å². The Morgan fingerprint density at radius 1 is 1.10 bits per heavy atom. The number of aryl methyl sites for hydroxylation is 1. The molecule has 0 saturated heterocycles. The molecule has 0 fully saturated rings. The van der Waals surface area contributed by atoms with E-state index in [1.54, 1.807) is 25.1 Å². The van der Waals surface area contributed by atoms with Gasteiger partial charge in [0.2, 0.25) is 11.8 Å². The lowest BCUT2D eigenvalue weighted by Gasteiger charge is -2.08. The summed E-state index contributed by atoms with van der Waals surface area (Å²) in [5, 5.41) is 13.3. The first-order valence-corrected chi connectivity index (χ1v) is 9.22. The van der Waals surface area contributed by atoms with E-state index in [0.717, 1.165) is 5.56 Å². The van der Waals surface area contributed by atoms with Crippen molar-refractivity contribution >= 4 is 17.7 Å². The lowest BCUT2D eigenvalue weighted by atomic mass is 10.1. The van der Waals surface area contributed by atoms with Gasteiger partial charge in [-0.1, -0.05) is 35.9 Å². The Morgan fingerprint density at radius 2 is 1.90 bits per heavy atom. The number of esters is 1. The van der Waals surface area contributed by atoms with Crippen LogP contribution >= 0.6 is 0 Å². The van der Waals surface area contributed by atoms with Gasteiger partial charge >= 0.3 is 12.0 Å². The maximum atomic E-state index is 11.9. The van der Waals surface area contributed by atoms with Gasteiger partial charge in [-0.3, -0.25) is 4.79 Å². The monoisotopic (exact) mass is 394 g/mol. The van der Waals surface area contributed by atoms with Crippen molar-refractivity contribution in [3.8, 4) is 11.5 Å². The second-order valence-corrected chi connectivity index (χ2v) is 6.36. The minimum Gasteiger partial charge on any atom is -0.465 e. The fourth-order valence-corrected chi connectivity index (χ4v) is 2.59. The molecule has 0 aliphatic carbocycles. The van der Waals surface area contributed by atoms with Gasteiger partial charge in [-0.2, -0.15) is 0 Å². The topological polar surface area (TPSA) is 106 Å². The SMILES string of the molecule is CCOC(=O)CNC(=O)Nc1cccc(-c2nnc(Cc3ccc(C)cc3)o2)c1. The molecule has 0 aliphatic rings. The van der Waals surface area contributed by atoms with Crippen molar-refractivity contribution in [2.24, 2.45) is 0 Å². The Bertz CT molecular complexity index is 982. The first-order chi connectivity index (χ1) is 14.0. The van der Waals surface area contributed by atoms with Gasteiger partial charge in [0, 0.05) is 11.3 Å². The van der Waals surface area contributed by atoms with Crippen LogP contribution in [0.25, 0.3) is 11.5 Å². The molecule has 0 unspecified atom stereocenters. The highest BCUT2D eigenvalue weighted by molar-refractivity contribution is 5.91. The van der Waals surface area contributed by atoms with Crippen LogP contribution in [0.1, 0.15) is 23.9 Å². The molecule has 1 aromatic heterocycles. The van der Waals surface area contributed by atoms with E-state index in [0.29, 0.717) is 29.5 Å². The van der Waals surface area contributed by atoms with Gasteiger partial charge in [0.05, 0.1) is 13.0 Å². The van der Waals surface area contributed by atoms with Crippen LogP contribution in [-0.2, 0) is 16.0 Å². The number of ether oxygens (including phenoxy) is 1. The second kappa shape index (κ2) is 9.50. The zero-order valence-corrected chi connectivity index (χ0v) is 16.3. The van der Waals surface area contributed by atoms with Crippen LogP contribution < -0.4 is 10.6 Å². The fourth-order valence-electron chi connectivity index (χ4n) is 2.59. The summed E-state index contributed by atoms with van der Waals surface area (Å²) in [6.45, 7) is 3.80. The summed E-state index contributed by atoms with van der Waals surface area (Å²) in [6, 6.07) is 14.6. The summed E-state index contributed by atoms with van der Waals surface area (Å²) in [7, 11) is 0.